The molecule has 3 rings (SSSR count). The van der Waals surface area contributed by atoms with E-state index in [2.05, 4.69) is 50.0 Å². The van der Waals surface area contributed by atoms with E-state index >= 15 is 0 Å². The van der Waals surface area contributed by atoms with Gasteiger partial charge in [-0.2, -0.15) is 0 Å². The van der Waals surface area contributed by atoms with E-state index < -0.39 is 0 Å². The number of nitrogens with one attached hydrogen (secondary N) is 1. The molecule has 2 atom stereocenters. The summed E-state index contributed by atoms with van der Waals surface area (Å²) in [6.45, 7) is 7.93. The first-order chi connectivity index (χ1) is 11.5. The van der Waals surface area contributed by atoms with E-state index in [9.17, 15) is 4.79 Å². The van der Waals surface area contributed by atoms with Crippen LogP contribution in [0.3, 0.4) is 0 Å². The smallest absolute Gasteiger partial charge is 0.239 e. The summed E-state index contributed by atoms with van der Waals surface area (Å²) in [5.74, 6) is 0.884. The summed E-state index contributed by atoms with van der Waals surface area (Å²) in [4.78, 5) is 18.0. The van der Waals surface area contributed by atoms with Gasteiger partial charge in [0.1, 0.15) is 0 Å². The van der Waals surface area contributed by atoms with E-state index in [-0.39, 0.29) is 17.9 Å². The summed E-state index contributed by atoms with van der Waals surface area (Å²) in [5, 5.41) is 1.33. The highest BCUT2D eigenvalue weighted by Crippen LogP contribution is 2.35. The van der Waals surface area contributed by atoms with Gasteiger partial charge in [0, 0.05) is 29.7 Å². The van der Waals surface area contributed by atoms with Crippen molar-refractivity contribution in [2.75, 3.05) is 13.1 Å². The molecule has 2 heterocycles. The molecule has 24 heavy (non-hydrogen) atoms. The number of carbonyl (C=O) groups excluding carboxylic acids is 1. The molecule has 2 unspecified atom stereocenters. The van der Waals surface area contributed by atoms with Crippen LogP contribution in [0.2, 0.25) is 0 Å². The van der Waals surface area contributed by atoms with Crippen LogP contribution in [-0.2, 0) is 4.79 Å². The molecule has 0 radical (unpaired) electrons. The molecule has 0 spiro atoms. The minimum absolute atomic E-state index is 0.124. The second-order valence-electron chi connectivity index (χ2n) is 7.22. The Labute approximate surface area is 144 Å². The lowest BCUT2D eigenvalue weighted by molar-refractivity contribution is -0.134. The van der Waals surface area contributed by atoms with Gasteiger partial charge in [0.25, 0.3) is 0 Å². The summed E-state index contributed by atoms with van der Waals surface area (Å²) in [6.07, 6.45) is 2.97. The molecule has 1 aromatic carbocycles. The minimum Gasteiger partial charge on any atom is -0.358 e. The number of hydrogen-bond acceptors (Lipinski definition) is 2. The molecule has 1 fully saturated rings. The van der Waals surface area contributed by atoms with Gasteiger partial charge in [-0.25, -0.2) is 0 Å². The van der Waals surface area contributed by atoms with Crippen LogP contribution in [-0.4, -0.2) is 34.9 Å². The van der Waals surface area contributed by atoms with Crippen LogP contribution in [0.15, 0.2) is 24.3 Å². The van der Waals surface area contributed by atoms with Crippen molar-refractivity contribution >= 4 is 16.8 Å². The van der Waals surface area contributed by atoms with E-state index in [0.29, 0.717) is 5.92 Å². The van der Waals surface area contributed by atoms with Gasteiger partial charge in [0.05, 0.1) is 6.04 Å². The van der Waals surface area contributed by atoms with Crippen molar-refractivity contribution in [2.24, 2.45) is 11.7 Å². The number of fused-ring (bicyclic) bond motifs is 1. The topological polar surface area (TPSA) is 62.1 Å². The zero-order valence-electron chi connectivity index (χ0n) is 15.0. The Morgan fingerprint density at radius 3 is 2.67 bits per heavy atom. The van der Waals surface area contributed by atoms with Crippen molar-refractivity contribution in [1.29, 1.82) is 0 Å². The normalized spacial score (nSPS) is 18.8. The Morgan fingerprint density at radius 2 is 2.00 bits per heavy atom. The van der Waals surface area contributed by atoms with Crippen LogP contribution >= 0.6 is 0 Å². The number of rotatable bonds is 4. The number of hydrogen-bond donors (Lipinski definition) is 2. The van der Waals surface area contributed by atoms with Crippen molar-refractivity contribution in [1.82, 2.24) is 9.88 Å². The molecule has 0 aliphatic carbocycles. The number of aromatic nitrogens is 1. The van der Waals surface area contributed by atoms with Gasteiger partial charge in [-0.1, -0.05) is 38.5 Å². The van der Waals surface area contributed by atoms with E-state index in [4.69, 9.17) is 5.73 Å². The fourth-order valence-electron chi connectivity index (χ4n) is 3.92. The summed E-state index contributed by atoms with van der Waals surface area (Å²) in [5.41, 5.74) is 10.0. The molecule has 2 aromatic rings. The molecule has 1 saturated heterocycles. The first kappa shape index (κ1) is 17.0. The molecule has 4 nitrogen and oxygen atoms in total. The largest absolute Gasteiger partial charge is 0.358 e. The fourth-order valence-corrected chi connectivity index (χ4v) is 3.92. The molecule has 1 aromatic heterocycles. The predicted molar refractivity (Wildman–Crippen MR) is 99.0 cm³/mol. The summed E-state index contributed by atoms with van der Waals surface area (Å²) in [7, 11) is 0. The number of piperidine rings is 1. The molecule has 0 bridgehead atoms. The van der Waals surface area contributed by atoms with Gasteiger partial charge >= 0.3 is 0 Å². The quantitative estimate of drug-likeness (QED) is 0.902. The van der Waals surface area contributed by atoms with E-state index in [1.165, 1.54) is 22.2 Å². The SMILES string of the molecule is CCC(C)C(N)C(=O)N1CCC(c2c(C)[nH]c3ccccc23)CC1. The predicted octanol–water partition coefficient (Wildman–Crippen LogP) is 3.56. The lowest BCUT2D eigenvalue weighted by Gasteiger charge is -2.35. The standard InChI is InChI=1S/C20H29N3O/c1-4-13(2)19(21)20(24)23-11-9-15(10-12-23)18-14(3)22-17-8-6-5-7-16(17)18/h5-8,13,15,19,22H,4,9-12,21H2,1-3H3. The molecule has 0 saturated carbocycles. The average Bonchev–Trinajstić information content (AvgIpc) is 2.95. The lowest BCUT2D eigenvalue weighted by Crippen LogP contribution is -2.49. The van der Waals surface area contributed by atoms with Crippen molar-refractivity contribution in [3.8, 4) is 0 Å². The third-order valence-electron chi connectivity index (χ3n) is 5.70. The summed E-state index contributed by atoms with van der Waals surface area (Å²) >= 11 is 0. The number of likely N-dealkylation sites (tertiary alicyclic amines) is 1. The summed E-state index contributed by atoms with van der Waals surface area (Å²) in [6, 6.07) is 8.14. The molecule has 4 heteroatoms. The molecule has 1 aliphatic heterocycles. The van der Waals surface area contributed by atoms with Gasteiger partial charge in [-0.05, 0) is 43.2 Å². The Hall–Kier alpha value is -1.81. The van der Waals surface area contributed by atoms with Gasteiger partial charge in [0.15, 0.2) is 0 Å². The highest BCUT2D eigenvalue weighted by Gasteiger charge is 2.30. The van der Waals surface area contributed by atoms with Gasteiger partial charge < -0.3 is 15.6 Å². The van der Waals surface area contributed by atoms with E-state index in [1.54, 1.807) is 0 Å². The fraction of sp³-hybridized carbons (Fsp3) is 0.550. The van der Waals surface area contributed by atoms with Crippen LogP contribution in [0.5, 0.6) is 0 Å². The van der Waals surface area contributed by atoms with Crippen LogP contribution in [0.4, 0.5) is 0 Å². The third-order valence-corrected chi connectivity index (χ3v) is 5.70. The van der Waals surface area contributed by atoms with E-state index in [0.717, 1.165) is 32.4 Å². The van der Waals surface area contributed by atoms with Crippen LogP contribution in [0, 0.1) is 12.8 Å². The zero-order chi connectivity index (χ0) is 17.3. The first-order valence-corrected chi connectivity index (χ1v) is 9.14. The van der Waals surface area contributed by atoms with Crippen molar-refractivity contribution < 1.29 is 4.79 Å². The number of aromatic amines is 1. The number of H-pyrrole nitrogens is 1. The maximum absolute atomic E-state index is 12.6. The Morgan fingerprint density at radius 1 is 1.33 bits per heavy atom. The number of para-hydroxylation sites is 1. The van der Waals surface area contributed by atoms with Crippen molar-refractivity contribution in [3.05, 3.63) is 35.5 Å². The Bertz CT molecular complexity index is 713. The molecule has 3 N–H and O–H groups in total. The lowest BCUT2D eigenvalue weighted by atomic mass is 9.87. The minimum atomic E-state index is -0.360. The maximum atomic E-state index is 12.6. The molecular weight excluding hydrogens is 298 g/mol. The number of amides is 1. The molecular formula is C20H29N3O. The number of aryl methyl sites for hydroxylation is 1. The number of nitrogens with two attached hydrogens (primary N) is 1. The van der Waals surface area contributed by atoms with Crippen molar-refractivity contribution in [2.45, 2.75) is 52.0 Å². The third kappa shape index (κ3) is 3.07. The second-order valence-corrected chi connectivity index (χ2v) is 7.22. The summed E-state index contributed by atoms with van der Waals surface area (Å²) < 4.78 is 0. The highest BCUT2D eigenvalue weighted by atomic mass is 16.2. The van der Waals surface area contributed by atoms with E-state index in [1.807, 2.05) is 4.90 Å². The number of benzene rings is 1. The monoisotopic (exact) mass is 327 g/mol. The average molecular weight is 327 g/mol. The van der Waals surface area contributed by atoms with Gasteiger partial charge in [-0.15, -0.1) is 0 Å². The molecule has 130 valence electrons. The number of nitrogens with zero attached hydrogens (tertiary/aromatic N) is 1. The maximum Gasteiger partial charge on any atom is 0.239 e. The van der Waals surface area contributed by atoms with Gasteiger partial charge in [-0.3, -0.25) is 4.79 Å². The Balaban J connectivity index is 1.71. The van der Waals surface area contributed by atoms with Crippen LogP contribution in [0.1, 0.15) is 50.3 Å². The van der Waals surface area contributed by atoms with Crippen LogP contribution in [0.25, 0.3) is 10.9 Å². The second kappa shape index (κ2) is 6.98. The molecule has 1 amide bonds. The zero-order valence-corrected chi connectivity index (χ0v) is 15.0. The number of carbonyl (C=O) groups is 1. The highest BCUT2D eigenvalue weighted by molar-refractivity contribution is 5.85. The first-order valence-electron chi connectivity index (χ1n) is 9.14. The van der Waals surface area contributed by atoms with Gasteiger partial charge in [0.2, 0.25) is 5.91 Å². The van der Waals surface area contributed by atoms with Crippen molar-refractivity contribution in [3.63, 3.8) is 0 Å². The van der Waals surface area contributed by atoms with Crippen LogP contribution < -0.4 is 5.73 Å². The molecule has 1 aliphatic rings. The Kier molecular flexibility index (Phi) is 4.95.